The number of hydrogen-bond acceptors (Lipinski definition) is 4. The van der Waals surface area contributed by atoms with Crippen molar-refractivity contribution in [3.8, 4) is 5.82 Å². The Hall–Kier alpha value is -6.17. The number of hydroxylamine groups is 1. The van der Waals surface area contributed by atoms with E-state index >= 15 is 0 Å². The number of para-hydroxylation sites is 3. The molecule has 6 aromatic carbocycles. The molecule has 8 aromatic rings. The number of aromatic nitrogens is 2. The molecule has 3 heterocycles. The van der Waals surface area contributed by atoms with Gasteiger partial charge in [0.05, 0.1) is 33.5 Å². The Bertz CT molecular complexity index is 2600. The van der Waals surface area contributed by atoms with Crippen molar-refractivity contribution in [3.05, 3.63) is 198 Å². The second-order valence-corrected chi connectivity index (χ2v) is 13.4. The second kappa shape index (κ2) is 12.3. The Kier molecular flexibility index (Phi) is 6.67. The topological polar surface area (TPSA) is 33.5 Å². The number of anilines is 3. The van der Waals surface area contributed by atoms with Crippen molar-refractivity contribution >= 4 is 38.9 Å². The van der Waals surface area contributed by atoms with Gasteiger partial charge >= 0.3 is 0 Å². The van der Waals surface area contributed by atoms with Crippen LogP contribution in [0.4, 0.5) is 17.1 Å². The predicted octanol–water partition coefficient (Wildman–Crippen LogP) is 11.1. The van der Waals surface area contributed by atoms with Crippen molar-refractivity contribution in [2.75, 3.05) is 17.1 Å². The van der Waals surface area contributed by atoms with Gasteiger partial charge in [-0.2, -0.15) is 5.06 Å². The van der Waals surface area contributed by atoms with Crippen molar-refractivity contribution < 1.29 is 9.05 Å². The molecule has 0 aliphatic carbocycles. The highest BCUT2D eigenvalue weighted by Gasteiger charge is 2.40. The molecule has 0 saturated carbocycles. The lowest BCUT2D eigenvalue weighted by atomic mass is 9.65. The number of pyridine rings is 1. The van der Waals surface area contributed by atoms with Crippen LogP contribution in [-0.4, -0.2) is 16.5 Å². The quantitative estimate of drug-likeness (QED) is 0.159. The number of hydrogen-bond donors (Lipinski definition) is 0. The van der Waals surface area contributed by atoms with Crippen LogP contribution in [0, 0.1) is 0 Å². The molecule has 248 valence electrons. The molecule has 2 aromatic heterocycles. The van der Waals surface area contributed by atoms with Gasteiger partial charge in [-0.3, -0.25) is 4.57 Å². The molecule has 0 atom stereocenters. The van der Waals surface area contributed by atoms with Gasteiger partial charge in [-0.25, -0.2) is 10.0 Å². The fraction of sp³-hybridized carbons (Fsp3) is 0.109. The average Bonchev–Trinajstić information content (AvgIpc) is 3.76. The summed E-state index contributed by atoms with van der Waals surface area (Å²) in [6, 6.07) is 56.4. The third kappa shape index (κ3) is 4.92. The van der Waals surface area contributed by atoms with Gasteiger partial charge in [0.1, 0.15) is 5.82 Å². The molecule has 1 aliphatic heterocycles. The molecule has 1 aliphatic rings. The van der Waals surface area contributed by atoms with Crippen molar-refractivity contribution in [3.63, 3.8) is 0 Å². The summed E-state index contributed by atoms with van der Waals surface area (Å²) < 4.78 is 26.9. The van der Waals surface area contributed by atoms with E-state index in [1.165, 1.54) is 5.56 Å². The molecule has 0 bridgehead atoms. The van der Waals surface area contributed by atoms with E-state index in [4.69, 9.17) is 14.0 Å². The standard InChI is InChI=1S/C46H38N4O/c1-32(2)33-27-28-47-45(29-33)49-41-22-11-10-21-39(41)40-26-25-37(31-44(40)49)46(34-15-6-4-7-16-34,35-17-8-5-9-18-35)36-19-14-20-38(30-36)50-43-24-13-12-23-42(43)48(3)51-50/h4-32H,1-3H3/i3D3. The number of rotatable bonds is 7. The molecule has 0 fully saturated rings. The maximum Gasteiger partial charge on any atom is 0.137 e. The van der Waals surface area contributed by atoms with E-state index in [9.17, 15) is 0 Å². The normalized spacial score (nSPS) is 14.1. The highest BCUT2D eigenvalue weighted by molar-refractivity contribution is 6.09. The van der Waals surface area contributed by atoms with E-state index in [1.54, 1.807) is 11.1 Å². The SMILES string of the molecule is [2H]C([2H])([2H])N1ON(c2cccc(C(c3ccccc3)(c3ccccc3)c3ccc4c5ccccc5n(-c5cc(C(C)C)ccn5)c4c3)c2)c2ccccc21. The molecule has 0 saturated heterocycles. The van der Waals surface area contributed by atoms with Gasteiger partial charge in [0, 0.05) is 28.1 Å². The fourth-order valence-electron chi connectivity index (χ4n) is 7.77. The monoisotopic (exact) mass is 665 g/mol. The van der Waals surface area contributed by atoms with Gasteiger partial charge < -0.3 is 0 Å². The zero-order valence-electron chi connectivity index (χ0n) is 31.4. The molecular formula is C46H38N4O. The molecule has 5 nitrogen and oxygen atoms in total. The van der Waals surface area contributed by atoms with Crippen LogP contribution < -0.4 is 10.1 Å². The molecule has 0 unspecified atom stereocenters. The molecule has 51 heavy (non-hydrogen) atoms. The summed E-state index contributed by atoms with van der Waals surface area (Å²) in [5.74, 6) is 1.23. The first-order valence-electron chi connectivity index (χ1n) is 18.8. The summed E-state index contributed by atoms with van der Waals surface area (Å²) in [5.41, 5.74) is 8.64. The first-order chi connectivity index (χ1) is 26.2. The lowest BCUT2D eigenvalue weighted by molar-refractivity contribution is 0.142. The molecule has 0 N–H and O–H groups in total. The highest BCUT2D eigenvalue weighted by atomic mass is 16.8. The first kappa shape index (κ1) is 27.6. The van der Waals surface area contributed by atoms with Crippen LogP contribution in [0.15, 0.2) is 170 Å². The zero-order valence-corrected chi connectivity index (χ0v) is 28.4. The van der Waals surface area contributed by atoms with E-state index in [-0.39, 0.29) is 0 Å². The van der Waals surface area contributed by atoms with Crippen LogP contribution in [-0.2, 0) is 10.4 Å². The van der Waals surface area contributed by atoms with Gasteiger partial charge in [-0.15, -0.1) is 4.94 Å². The maximum atomic E-state index is 8.21. The molecule has 0 radical (unpaired) electrons. The molecular weight excluding hydrogens is 625 g/mol. The van der Waals surface area contributed by atoms with E-state index in [1.807, 2.05) is 48.7 Å². The second-order valence-electron chi connectivity index (χ2n) is 13.4. The van der Waals surface area contributed by atoms with E-state index in [0.29, 0.717) is 23.0 Å². The van der Waals surface area contributed by atoms with Crippen molar-refractivity contribution in [1.82, 2.24) is 9.55 Å². The Morgan fingerprint density at radius 2 is 1.24 bits per heavy atom. The lowest BCUT2D eigenvalue weighted by Gasteiger charge is -2.37. The van der Waals surface area contributed by atoms with Crippen LogP contribution >= 0.6 is 0 Å². The zero-order chi connectivity index (χ0) is 37.0. The average molecular weight is 666 g/mol. The number of nitrogens with zero attached hydrogens (tertiary/aromatic N) is 4. The lowest BCUT2D eigenvalue weighted by Crippen LogP contribution is -2.31. The predicted molar refractivity (Wildman–Crippen MR) is 209 cm³/mol. The van der Waals surface area contributed by atoms with Crippen LogP contribution in [0.2, 0.25) is 0 Å². The summed E-state index contributed by atoms with van der Waals surface area (Å²) >= 11 is 0. The minimum Gasteiger partial charge on any atom is -0.294 e. The van der Waals surface area contributed by atoms with Gasteiger partial charge in [-0.05, 0) is 82.3 Å². The Labute approximate surface area is 302 Å². The van der Waals surface area contributed by atoms with E-state index in [0.717, 1.165) is 54.9 Å². The molecule has 0 spiro atoms. The van der Waals surface area contributed by atoms with Crippen molar-refractivity contribution in [2.45, 2.75) is 25.2 Å². The molecule has 5 heteroatoms. The van der Waals surface area contributed by atoms with Crippen molar-refractivity contribution in [2.24, 2.45) is 0 Å². The van der Waals surface area contributed by atoms with Crippen LogP contribution in [0.25, 0.3) is 27.6 Å². The van der Waals surface area contributed by atoms with Crippen LogP contribution in [0.3, 0.4) is 0 Å². The van der Waals surface area contributed by atoms with E-state index in [2.05, 4.69) is 134 Å². The van der Waals surface area contributed by atoms with Crippen molar-refractivity contribution in [1.29, 1.82) is 0 Å². The first-order valence-corrected chi connectivity index (χ1v) is 17.3. The number of benzene rings is 6. The van der Waals surface area contributed by atoms with Crippen LogP contribution in [0.1, 0.15) is 51.7 Å². The largest absolute Gasteiger partial charge is 0.294 e. The Morgan fingerprint density at radius 3 is 1.98 bits per heavy atom. The van der Waals surface area contributed by atoms with Gasteiger partial charge in [0.15, 0.2) is 0 Å². The summed E-state index contributed by atoms with van der Waals surface area (Å²) in [6.45, 7) is 1.91. The Morgan fingerprint density at radius 1 is 0.588 bits per heavy atom. The minimum atomic E-state index is -2.50. The fourth-order valence-corrected chi connectivity index (χ4v) is 7.77. The third-order valence-electron chi connectivity index (χ3n) is 10.2. The van der Waals surface area contributed by atoms with Gasteiger partial charge in [-0.1, -0.05) is 129 Å². The molecule has 9 rings (SSSR count). The minimum absolute atomic E-state index is 0.352. The maximum absolute atomic E-state index is 8.21. The Balaban J connectivity index is 1.33. The smallest absolute Gasteiger partial charge is 0.137 e. The van der Waals surface area contributed by atoms with Crippen LogP contribution in [0.5, 0.6) is 0 Å². The third-order valence-corrected chi connectivity index (χ3v) is 10.2. The number of fused-ring (bicyclic) bond motifs is 4. The summed E-state index contributed by atoms with van der Waals surface area (Å²) in [4.78, 5) is 11.1. The van der Waals surface area contributed by atoms with Gasteiger partial charge in [0.2, 0.25) is 0 Å². The molecule has 0 amide bonds. The van der Waals surface area contributed by atoms with Gasteiger partial charge in [0.25, 0.3) is 0 Å². The summed E-state index contributed by atoms with van der Waals surface area (Å²) in [7, 11) is 0. The summed E-state index contributed by atoms with van der Waals surface area (Å²) in [5, 5.41) is 4.92. The van der Waals surface area contributed by atoms with E-state index < -0.39 is 12.4 Å². The highest BCUT2D eigenvalue weighted by Crippen LogP contribution is 2.49. The summed E-state index contributed by atoms with van der Waals surface area (Å²) in [6.07, 6.45) is 1.91.